The van der Waals surface area contributed by atoms with Crippen LogP contribution in [0.2, 0.25) is 0 Å². The Bertz CT molecular complexity index is 370. The van der Waals surface area contributed by atoms with E-state index in [1.54, 1.807) is 12.1 Å². The Morgan fingerprint density at radius 1 is 1.44 bits per heavy atom. The molecule has 1 aromatic carbocycles. The van der Waals surface area contributed by atoms with Crippen LogP contribution in [0.5, 0.6) is 0 Å². The lowest BCUT2D eigenvalue weighted by atomic mass is 10.1. The Morgan fingerprint density at radius 2 is 2.12 bits per heavy atom. The van der Waals surface area contributed by atoms with Crippen molar-refractivity contribution in [2.45, 2.75) is 18.9 Å². The molecule has 4 heteroatoms. The van der Waals surface area contributed by atoms with Crippen molar-refractivity contribution in [1.29, 1.82) is 5.26 Å². The number of carbonyl (C=O) groups is 1. The Labute approximate surface area is 94.5 Å². The normalized spacial score (nSPS) is 11.7. The molecular formula is C12H14N2O2. The fraction of sp³-hybridized carbons (Fsp3) is 0.333. The van der Waals surface area contributed by atoms with Crippen LogP contribution < -0.4 is 5.32 Å². The maximum absolute atomic E-state index is 11.0. The maximum atomic E-state index is 11.0. The quantitative estimate of drug-likeness (QED) is 0.713. The number of nitrogens with zero attached hydrogens (tertiary/aromatic N) is 1. The molecule has 16 heavy (non-hydrogen) atoms. The first-order valence-corrected chi connectivity index (χ1v) is 5.14. The number of carboxylic acid groups (broad SMARTS) is 1. The number of nitrogens with one attached hydrogen (secondary N) is 1. The number of carboxylic acids is 1. The lowest BCUT2D eigenvalue weighted by Crippen LogP contribution is -2.29. The summed E-state index contributed by atoms with van der Waals surface area (Å²) in [6.45, 7) is 0.527. The standard InChI is InChI=1S/C12H14N2O2/c13-8-4-5-9-14-11(12(15)16)10-6-2-1-3-7-10/h1-3,6-7,11,14H,4-5,9H2,(H,15,16). The molecule has 1 atom stereocenters. The molecule has 0 saturated carbocycles. The Morgan fingerprint density at radius 3 is 2.69 bits per heavy atom. The van der Waals surface area contributed by atoms with Gasteiger partial charge in [-0.2, -0.15) is 5.26 Å². The highest BCUT2D eigenvalue weighted by atomic mass is 16.4. The van der Waals surface area contributed by atoms with E-state index >= 15 is 0 Å². The zero-order valence-corrected chi connectivity index (χ0v) is 8.89. The summed E-state index contributed by atoms with van der Waals surface area (Å²) in [6.07, 6.45) is 1.10. The molecule has 0 fully saturated rings. The number of benzene rings is 1. The minimum atomic E-state index is -0.900. The fourth-order valence-electron chi connectivity index (χ4n) is 1.41. The summed E-state index contributed by atoms with van der Waals surface area (Å²) < 4.78 is 0. The van der Waals surface area contributed by atoms with Crippen molar-refractivity contribution in [2.24, 2.45) is 0 Å². The third-order valence-corrected chi connectivity index (χ3v) is 2.19. The number of hydrogen-bond acceptors (Lipinski definition) is 3. The third kappa shape index (κ3) is 3.71. The minimum absolute atomic E-state index is 0.439. The number of nitriles is 1. The van der Waals surface area contributed by atoms with E-state index in [9.17, 15) is 4.79 Å². The van der Waals surface area contributed by atoms with Crippen molar-refractivity contribution in [3.05, 3.63) is 35.9 Å². The molecule has 1 rings (SSSR count). The van der Waals surface area contributed by atoms with E-state index < -0.39 is 12.0 Å². The van der Waals surface area contributed by atoms with Crippen LogP contribution in [0, 0.1) is 11.3 Å². The zero-order chi connectivity index (χ0) is 11.8. The van der Waals surface area contributed by atoms with E-state index in [1.165, 1.54) is 0 Å². The molecule has 0 bridgehead atoms. The van der Waals surface area contributed by atoms with Crippen molar-refractivity contribution in [3.63, 3.8) is 0 Å². The molecule has 0 aliphatic heterocycles. The third-order valence-electron chi connectivity index (χ3n) is 2.19. The van der Waals surface area contributed by atoms with E-state index in [2.05, 4.69) is 5.32 Å². The molecule has 0 aliphatic rings. The summed E-state index contributed by atoms with van der Waals surface area (Å²) in [5.41, 5.74) is 0.729. The largest absolute Gasteiger partial charge is 0.480 e. The molecule has 0 radical (unpaired) electrons. The predicted octanol–water partition coefficient (Wildman–Crippen LogP) is 1.71. The molecule has 1 unspecified atom stereocenters. The predicted molar refractivity (Wildman–Crippen MR) is 59.7 cm³/mol. The number of aliphatic carboxylic acids is 1. The van der Waals surface area contributed by atoms with Crippen LogP contribution in [0.4, 0.5) is 0 Å². The molecular weight excluding hydrogens is 204 g/mol. The summed E-state index contributed by atoms with van der Waals surface area (Å²) in [6, 6.07) is 10.3. The van der Waals surface area contributed by atoms with Gasteiger partial charge < -0.3 is 10.4 Å². The van der Waals surface area contributed by atoms with Gasteiger partial charge in [-0.1, -0.05) is 30.3 Å². The molecule has 0 saturated heterocycles. The number of rotatable bonds is 6. The topological polar surface area (TPSA) is 73.1 Å². The molecule has 0 aliphatic carbocycles. The van der Waals surface area contributed by atoms with Crippen LogP contribution in [-0.2, 0) is 4.79 Å². The van der Waals surface area contributed by atoms with Gasteiger partial charge in [-0.15, -0.1) is 0 Å². The number of hydrogen-bond donors (Lipinski definition) is 2. The van der Waals surface area contributed by atoms with Gasteiger partial charge in [-0.25, -0.2) is 0 Å². The van der Waals surface area contributed by atoms with Crippen LogP contribution >= 0.6 is 0 Å². The van der Waals surface area contributed by atoms with Crippen LogP contribution in [0.15, 0.2) is 30.3 Å². The van der Waals surface area contributed by atoms with E-state index in [4.69, 9.17) is 10.4 Å². The van der Waals surface area contributed by atoms with E-state index in [-0.39, 0.29) is 0 Å². The van der Waals surface area contributed by atoms with Gasteiger partial charge in [0.2, 0.25) is 0 Å². The van der Waals surface area contributed by atoms with Crippen molar-refractivity contribution < 1.29 is 9.90 Å². The summed E-state index contributed by atoms with van der Waals surface area (Å²) in [7, 11) is 0. The van der Waals surface area contributed by atoms with Gasteiger partial charge >= 0.3 is 5.97 Å². The fourth-order valence-corrected chi connectivity index (χ4v) is 1.41. The average Bonchev–Trinajstić information content (AvgIpc) is 2.30. The van der Waals surface area contributed by atoms with Gasteiger partial charge in [0, 0.05) is 6.42 Å². The first kappa shape index (κ1) is 12.2. The van der Waals surface area contributed by atoms with E-state index in [0.717, 1.165) is 5.56 Å². The zero-order valence-electron chi connectivity index (χ0n) is 8.89. The van der Waals surface area contributed by atoms with Crippen molar-refractivity contribution >= 4 is 5.97 Å². The SMILES string of the molecule is N#CCCCNC(C(=O)O)c1ccccc1. The van der Waals surface area contributed by atoms with Gasteiger partial charge in [-0.3, -0.25) is 4.79 Å². The average molecular weight is 218 g/mol. The van der Waals surface area contributed by atoms with Gasteiger partial charge in [0.25, 0.3) is 0 Å². The summed E-state index contributed by atoms with van der Waals surface area (Å²) in [5.74, 6) is -0.900. The van der Waals surface area contributed by atoms with Crippen LogP contribution in [0.25, 0.3) is 0 Å². The second-order valence-electron chi connectivity index (χ2n) is 3.40. The molecule has 2 N–H and O–H groups in total. The molecule has 0 aromatic heterocycles. The first-order chi connectivity index (χ1) is 7.75. The smallest absolute Gasteiger partial charge is 0.325 e. The molecule has 1 aromatic rings. The Hall–Kier alpha value is -1.86. The van der Waals surface area contributed by atoms with Crippen LogP contribution in [0.3, 0.4) is 0 Å². The maximum Gasteiger partial charge on any atom is 0.325 e. The second kappa shape index (κ2) is 6.59. The van der Waals surface area contributed by atoms with Gasteiger partial charge in [0.05, 0.1) is 6.07 Å². The minimum Gasteiger partial charge on any atom is -0.480 e. The first-order valence-electron chi connectivity index (χ1n) is 5.14. The van der Waals surface area contributed by atoms with Crippen LogP contribution in [0.1, 0.15) is 24.4 Å². The highest BCUT2D eigenvalue weighted by molar-refractivity contribution is 5.75. The highest BCUT2D eigenvalue weighted by Crippen LogP contribution is 2.12. The monoisotopic (exact) mass is 218 g/mol. The van der Waals surface area contributed by atoms with E-state index in [1.807, 2.05) is 24.3 Å². The van der Waals surface area contributed by atoms with Gasteiger partial charge in [-0.05, 0) is 18.5 Å². The summed E-state index contributed by atoms with van der Waals surface area (Å²) in [5, 5.41) is 20.3. The van der Waals surface area contributed by atoms with Gasteiger partial charge in [0.15, 0.2) is 0 Å². The highest BCUT2D eigenvalue weighted by Gasteiger charge is 2.17. The molecule has 84 valence electrons. The lowest BCUT2D eigenvalue weighted by molar-refractivity contribution is -0.139. The molecule has 0 heterocycles. The van der Waals surface area contributed by atoms with Crippen molar-refractivity contribution in [2.75, 3.05) is 6.54 Å². The summed E-state index contributed by atoms with van der Waals surface area (Å²) in [4.78, 5) is 11.0. The van der Waals surface area contributed by atoms with Gasteiger partial charge in [0.1, 0.15) is 6.04 Å². The lowest BCUT2D eigenvalue weighted by Gasteiger charge is -2.14. The van der Waals surface area contributed by atoms with Crippen LogP contribution in [-0.4, -0.2) is 17.6 Å². The van der Waals surface area contributed by atoms with Crippen molar-refractivity contribution in [3.8, 4) is 6.07 Å². The Balaban J connectivity index is 2.56. The number of unbranched alkanes of at least 4 members (excludes halogenated alkanes) is 1. The van der Waals surface area contributed by atoms with E-state index in [0.29, 0.717) is 19.4 Å². The molecule has 0 spiro atoms. The summed E-state index contributed by atoms with van der Waals surface area (Å²) >= 11 is 0. The second-order valence-corrected chi connectivity index (χ2v) is 3.40. The molecule has 4 nitrogen and oxygen atoms in total. The molecule has 0 amide bonds. The Kier molecular flexibility index (Phi) is 5.03. The van der Waals surface area contributed by atoms with Crippen molar-refractivity contribution in [1.82, 2.24) is 5.32 Å².